The molecule has 1 heterocycles. The summed E-state index contributed by atoms with van der Waals surface area (Å²) >= 11 is 6.18. The molecular weight excluding hydrogens is 451 g/mol. The summed E-state index contributed by atoms with van der Waals surface area (Å²) in [5.74, 6) is -0.631. The average Bonchev–Trinajstić information content (AvgIpc) is 3.16. The first kappa shape index (κ1) is 23.1. The highest BCUT2D eigenvalue weighted by Crippen LogP contribution is 2.30. The van der Waals surface area contributed by atoms with Crippen LogP contribution in [0.4, 0.5) is 13.2 Å². The number of carbonyl (C=O) groups is 1. The zero-order valence-corrected chi connectivity index (χ0v) is 17.6. The minimum atomic E-state index is -4.43. The Kier molecular flexibility index (Phi) is 7.04. The van der Waals surface area contributed by atoms with Gasteiger partial charge < -0.3 is 14.3 Å². The molecule has 32 heavy (non-hydrogen) atoms. The number of nitrogens with zero attached hydrogens (tertiary/aromatic N) is 3. The van der Waals surface area contributed by atoms with Crippen LogP contribution >= 0.6 is 11.6 Å². The van der Waals surface area contributed by atoms with Gasteiger partial charge in [0, 0.05) is 5.56 Å². The number of alkyl halides is 3. The number of carbonyl (C=O) groups excluding carboxylic acids is 1. The molecule has 0 atom stereocenters. The van der Waals surface area contributed by atoms with Crippen LogP contribution in [0.1, 0.15) is 16.7 Å². The van der Waals surface area contributed by atoms with Crippen molar-refractivity contribution in [2.75, 3.05) is 14.2 Å². The number of oxime groups is 1. The summed E-state index contributed by atoms with van der Waals surface area (Å²) in [6, 6.07) is 11.3. The number of benzene rings is 2. The molecule has 11 heteroatoms. The first-order valence-corrected chi connectivity index (χ1v) is 9.45. The molecule has 2 aromatic carbocycles. The van der Waals surface area contributed by atoms with Crippen LogP contribution in [0.15, 0.2) is 59.9 Å². The standard InChI is InChI=1S/C21H17ClF3N3O4/c1-30-20(29)18(27-31-2)16-6-4-3-5-13(16)12-32-19-17(22)11-28(26-19)15-9-7-14(8-10-15)21(23,24)25/h3-11H,12H2,1-2H3. The molecular formula is C21H17ClF3N3O4. The minimum Gasteiger partial charge on any atom is -0.471 e. The molecule has 3 rings (SSSR count). The Bertz CT molecular complexity index is 1130. The molecule has 168 valence electrons. The van der Waals surface area contributed by atoms with E-state index in [1.165, 1.54) is 37.2 Å². The van der Waals surface area contributed by atoms with Crippen molar-refractivity contribution in [2.45, 2.75) is 12.8 Å². The first-order chi connectivity index (χ1) is 15.2. The molecule has 0 aliphatic carbocycles. The van der Waals surface area contributed by atoms with Crippen LogP contribution in [0, 0.1) is 0 Å². The highest BCUT2D eigenvalue weighted by Gasteiger charge is 2.30. The number of rotatable bonds is 7. The second-order valence-electron chi connectivity index (χ2n) is 6.33. The first-order valence-electron chi connectivity index (χ1n) is 9.08. The van der Waals surface area contributed by atoms with Crippen LogP contribution in [-0.2, 0) is 27.2 Å². The van der Waals surface area contributed by atoms with Gasteiger partial charge in [-0.05, 0) is 29.8 Å². The number of halogens is 4. The molecule has 0 aliphatic heterocycles. The molecule has 0 radical (unpaired) electrons. The zero-order chi connectivity index (χ0) is 23.3. The predicted octanol–water partition coefficient (Wildman–Crippen LogP) is 4.65. The fraction of sp³-hybridized carbons (Fsp3) is 0.190. The molecule has 7 nitrogen and oxygen atoms in total. The van der Waals surface area contributed by atoms with E-state index in [-0.39, 0.29) is 23.2 Å². The van der Waals surface area contributed by atoms with Crippen molar-refractivity contribution in [3.63, 3.8) is 0 Å². The molecule has 0 saturated heterocycles. The van der Waals surface area contributed by atoms with Crippen LogP contribution in [0.3, 0.4) is 0 Å². The highest BCUT2D eigenvalue weighted by molar-refractivity contribution is 6.43. The maximum absolute atomic E-state index is 12.8. The van der Waals surface area contributed by atoms with E-state index in [2.05, 4.69) is 10.3 Å². The van der Waals surface area contributed by atoms with Gasteiger partial charge in [-0.1, -0.05) is 41.0 Å². The van der Waals surface area contributed by atoms with Crippen LogP contribution in [0.2, 0.25) is 5.02 Å². The molecule has 0 amide bonds. The highest BCUT2D eigenvalue weighted by atomic mass is 35.5. The van der Waals surface area contributed by atoms with E-state index in [0.717, 1.165) is 12.1 Å². The molecule has 0 saturated carbocycles. The maximum atomic E-state index is 12.8. The number of aromatic nitrogens is 2. The number of methoxy groups -OCH3 is 1. The van der Waals surface area contributed by atoms with Crippen molar-refractivity contribution in [1.82, 2.24) is 9.78 Å². The van der Waals surface area contributed by atoms with Crippen molar-refractivity contribution < 1.29 is 32.3 Å². The number of esters is 1. The van der Waals surface area contributed by atoms with E-state index in [9.17, 15) is 18.0 Å². The summed E-state index contributed by atoms with van der Waals surface area (Å²) in [4.78, 5) is 16.8. The third-order valence-electron chi connectivity index (χ3n) is 4.30. The molecule has 0 N–H and O–H groups in total. The fourth-order valence-corrected chi connectivity index (χ4v) is 2.96. The monoisotopic (exact) mass is 467 g/mol. The van der Waals surface area contributed by atoms with E-state index in [0.29, 0.717) is 16.8 Å². The van der Waals surface area contributed by atoms with Crippen LogP contribution in [0.25, 0.3) is 5.69 Å². The summed E-state index contributed by atoms with van der Waals surface area (Å²) in [6.07, 6.45) is -3.02. The van der Waals surface area contributed by atoms with Gasteiger partial charge in [-0.15, -0.1) is 5.10 Å². The summed E-state index contributed by atoms with van der Waals surface area (Å²) in [5, 5.41) is 8.06. The third kappa shape index (κ3) is 5.20. The van der Waals surface area contributed by atoms with E-state index < -0.39 is 17.7 Å². The van der Waals surface area contributed by atoms with Crippen molar-refractivity contribution in [1.29, 1.82) is 0 Å². The second kappa shape index (κ2) is 9.73. The number of ether oxygens (including phenoxy) is 2. The zero-order valence-electron chi connectivity index (χ0n) is 16.9. The van der Waals surface area contributed by atoms with Gasteiger partial charge in [-0.25, -0.2) is 9.48 Å². The van der Waals surface area contributed by atoms with Crippen molar-refractivity contribution in [3.05, 3.63) is 76.4 Å². The summed E-state index contributed by atoms with van der Waals surface area (Å²) in [6.45, 7) is -0.0281. The van der Waals surface area contributed by atoms with Gasteiger partial charge in [0.2, 0.25) is 0 Å². The Hall–Kier alpha value is -3.53. The van der Waals surface area contributed by atoms with Gasteiger partial charge in [0.1, 0.15) is 18.7 Å². The maximum Gasteiger partial charge on any atom is 0.416 e. The van der Waals surface area contributed by atoms with Crippen LogP contribution < -0.4 is 4.74 Å². The van der Waals surface area contributed by atoms with Crippen molar-refractivity contribution >= 4 is 23.3 Å². The molecule has 0 unspecified atom stereocenters. The Balaban J connectivity index is 1.82. The lowest BCUT2D eigenvalue weighted by Crippen LogP contribution is -2.19. The summed E-state index contributed by atoms with van der Waals surface area (Å²) < 4.78 is 50.0. The quantitative estimate of drug-likeness (QED) is 0.287. The predicted molar refractivity (Wildman–Crippen MR) is 110 cm³/mol. The van der Waals surface area contributed by atoms with Gasteiger partial charge in [0.05, 0.1) is 24.6 Å². The lowest BCUT2D eigenvalue weighted by Gasteiger charge is -2.11. The number of hydrogen-bond donors (Lipinski definition) is 0. The minimum absolute atomic E-state index is 0.0281. The Morgan fingerprint density at radius 2 is 1.81 bits per heavy atom. The fourth-order valence-electron chi connectivity index (χ4n) is 2.78. The average molecular weight is 468 g/mol. The van der Waals surface area contributed by atoms with E-state index in [4.69, 9.17) is 25.9 Å². The van der Waals surface area contributed by atoms with Gasteiger partial charge >= 0.3 is 12.1 Å². The lowest BCUT2D eigenvalue weighted by molar-refractivity contribution is -0.137. The summed E-state index contributed by atoms with van der Waals surface area (Å²) in [7, 11) is 2.52. The van der Waals surface area contributed by atoms with Gasteiger partial charge in [-0.3, -0.25) is 0 Å². The van der Waals surface area contributed by atoms with E-state index >= 15 is 0 Å². The molecule has 0 bridgehead atoms. The van der Waals surface area contributed by atoms with Gasteiger partial charge in [0.25, 0.3) is 5.88 Å². The third-order valence-corrected chi connectivity index (χ3v) is 4.56. The van der Waals surface area contributed by atoms with Crippen molar-refractivity contribution in [2.24, 2.45) is 5.16 Å². The van der Waals surface area contributed by atoms with E-state index in [1.807, 2.05) is 0 Å². The van der Waals surface area contributed by atoms with E-state index in [1.54, 1.807) is 24.3 Å². The lowest BCUT2D eigenvalue weighted by atomic mass is 10.0. The van der Waals surface area contributed by atoms with Crippen molar-refractivity contribution in [3.8, 4) is 11.6 Å². The Labute approximate surface area is 185 Å². The summed E-state index contributed by atoms with van der Waals surface area (Å²) in [5.41, 5.74) is 0.561. The molecule has 0 spiro atoms. The molecule has 3 aromatic rings. The van der Waals surface area contributed by atoms with Gasteiger partial charge in [-0.2, -0.15) is 13.2 Å². The smallest absolute Gasteiger partial charge is 0.416 e. The topological polar surface area (TPSA) is 74.9 Å². The normalized spacial score (nSPS) is 11.9. The Morgan fingerprint density at radius 3 is 2.44 bits per heavy atom. The number of hydrogen-bond acceptors (Lipinski definition) is 6. The largest absolute Gasteiger partial charge is 0.471 e. The SMILES string of the molecule is CON=C(C(=O)OC)c1ccccc1COc1nn(-c2ccc(C(F)(F)F)cc2)cc1Cl. The van der Waals surface area contributed by atoms with Crippen LogP contribution in [-0.4, -0.2) is 35.7 Å². The second-order valence-corrected chi connectivity index (χ2v) is 6.74. The van der Waals surface area contributed by atoms with Crippen LogP contribution in [0.5, 0.6) is 5.88 Å². The molecule has 0 aliphatic rings. The molecule has 1 aromatic heterocycles. The Morgan fingerprint density at radius 1 is 1.12 bits per heavy atom. The van der Waals surface area contributed by atoms with Gasteiger partial charge in [0.15, 0.2) is 5.71 Å². The molecule has 0 fully saturated rings.